The van der Waals surface area contributed by atoms with E-state index in [1.807, 2.05) is 0 Å². The number of ketones is 1. The van der Waals surface area contributed by atoms with Crippen LogP contribution in [0.5, 0.6) is 0 Å². The number of carbonyl (C=O) groups is 1. The molecule has 1 heteroatoms. The summed E-state index contributed by atoms with van der Waals surface area (Å²) < 4.78 is 0. The molecule has 0 aromatic rings. The van der Waals surface area contributed by atoms with E-state index in [1.54, 1.807) is 0 Å². The fourth-order valence-electron chi connectivity index (χ4n) is 3.92. The maximum absolute atomic E-state index is 12.0. The third-order valence-corrected chi connectivity index (χ3v) is 4.76. The average Bonchev–Trinajstić information content (AvgIpc) is 2.08. The average molecular weight is 194 g/mol. The first-order valence-electron chi connectivity index (χ1n) is 6.00. The molecule has 0 radical (unpaired) electrons. The molecule has 0 saturated heterocycles. The van der Waals surface area contributed by atoms with Crippen LogP contribution in [-0.4, -0.2) is 5.78 Å². The predicted molar refractivity (Wildman–Crippen MR) is 58.1 cm³/mol. The Bertz CT molecular complexity index is 254. The second-order valence-electron chi connectivity index (χ2n) is 6.13. The molecule has 2 fully saturated rings. The molecule has 0 N–H and O–H groups in total. The van der Waals surface area contributed by atoms with Gasteiger partial charge in [-0.05, 0) is 37.0 Å². The van der Waals surface area contributed by atoms with E-state index in [1.165, 1.54) is 19.3 Å². The van der Waals surface area contributed by atoms with Crippen LogP contribution in [0.2, 0.25) is 0 Å². The monoisotopic (exact) mass is 194 g/mol. The minimum absolute atomic E-state index is 0.0278. The molecule has 2 atom stereocenters. The highest BCUT2D eigenvalue weighted by molar-refractivity contribution is 5.85. The summed E-state index contributed by atoms with van der Waals surface area (Å²) in [6.45, 7) is 6.93. The SMILES string of the molecule is CC1(C)CCC[C@]2(C)C(=O)CCCC12. The minimum Gasteiger partial charge on any atom is -0.299 e. The van der Waals surface area contributed by atoms with Gasteiger partial charge in [-0.25, -0.2) is 0 Å². The van der Waals surface area contributed by atoms with Crippen molar-refractivity contribution in [3.63, 3.8) is 0 Å². The molecule has 1 unspecified atom stereocenters. The summed E-state index contributed by atoms with van der Waals surface area (Å²) in [6, 6.07) is 0. The molecule has 1 nitrogen and oxygen atoms in total. The lowest BCUT2D eigenvalue weighted by molar-refractivity contribution is -0.143. The molecule has 0 aliphatic heterocycles. The van der Waals surface area contributed by atoms with Gasteiger partial charge in [-0.15, -0.1) is 0 Å². The van der Waals surface area contributed by atoms with Gasteiger partial charge in [0.25, 0.3) is 0 Å². The van der Waals surface area contributed by atoms with Gasteiger partial charge < -0.3 is 0 Å². The fourth-order valence-corrected chi connectivity index (χ4v) is 3.92. The third-order valence-electron chi connectivity index (χ3n) is 4.76. The van der Waals surface area contributed by atoms with Gasteiger partial charge >= 0.3 is 0 Å². The molecule has 0 aromatic carbocycles. The van der Waals surface area contributed by atoms with Gasteiger partial charge in [0.1, 0.15) is 5.78 Å². The van der Waals surface area contributed by atoms with Crippen LogP contribution in [0.25, 0.3) is 0 Å². The molecule has 2 aliphatic carbocycles. The predicted octanol–water partition coefficient (Wildman–Crippen LogP) is 3.57. The summed E-state index contributed by atoms with van der Waals surface area (Å²) in [5.74, 6) is 1.19. The van der Waals surface area contributed by atoms with E-state index in [4.69, 9.17) is 0 Å². The molecule has 2 rings (SSSR count). The van der Waals surface area contributed by atoms with Crippen molar-refractivity contribution in [2.24, 2.45) is 16.7 Å². The van der Waals surface area contributed by atoms with Crippen molar-refractivity contribution in [1.29, 1.82) is 0 Å². The van der Waals surface area contributed by atoms with Crippen molar-refractivity contribution >= 4 is 5.78 Å². The first-order chi connectivity index (χ1) is 6.47. The zero-order valence-corrected chi connectivity index (χ0v) is 9.73. The normalized spacial score (nSPS) is 41.9. The van der Waals surface area contributed by atoms with Gasteiger partial charge in [0.2, 0.25) is 0 Å². The van der Waals surface area contributed by atoms with Gasteiger partial charge in [0.05, 0.1) is 0 Å². The van der Waals surface area contributed by atoms with Gasteiger partial charge in [0, 0.05) is 11.8 Å². The third kappa shape index (κ3) is 1.32. The van der Waals surface area contributed by atoms with Gasteiger partial charge in [-0.2, -0.15) is 0 Å². The summed E-state index contributed by atoms with van der Waals surface area (Å²) in [5, 5.41) is 0. The number of hydrogen-bond donors (Lipinski definition) is 0. The number of fused-ring (bicyclic) bond motifs is 1. The van der Waals surface area contributed by atoms with Gasteiger partial charge in [-0.1, -0.05) is 27.2 Å². The van der Waals surface area contributed by atoms with Crippen molar-refractivity contribution in [3.8, 4) is 0 Å². The Hall–Kier alpha value is -0.330. The summed E-state index contributed by atoms with van der Waals surface area (Å²) in [4.78, 5) is 12.0. The number of hydrogen-bond acceptors (Lipinski definition) is 1. The zero-order valence-electron chi connectivity index (χ0n) is 9.73. The van der Waals surface area contributed by atoms with E-state index in [-0.39, 0.29) is 5.41 Å². The van der Waals surface area contributed by atoms with Crippen LogP contribution < -0.4 is 0 Å². The molecule has 2 aliphatic rings. The van der Waals surface area contributed by atoms with Crippen LogP contribution in [0.1, 0.15) is 59.3 Å². The van der Waals surface area contributed by atoms with Crippen molar-refractivity contribution in [2.75, 3.05) is 0 Å². The van der Waals surface area contributed by atoms with Crippen molar-refractivity contribution in [1.82, 2.24) is 0 Å². The highest BCUT2D eigenvalue weighted by Crippen LogP contribution is 2.55. The smallest absolute Gasteiger partial charge is 0.139 e. The topological polar surface area (TPSA) is 17.1 Å². The maximum atomic E-state index is 12.0. The molecular formula is C13H22O. The summed E-state index contributed by atoms with van der Waals surface area (Å²) in [6.07, 6.45) is 6.92. The van der Waals surface area contributed by atoms with E-state index in [0.717, 1.165) is 19.3 Å². The molecule has 0 heterocycles. The van der Waals surface area contributed by atoms with Crippen LogP contribution >= 0.6 is 0 Å². The second-order valence-corrected chi connectivity index (χ2v) is 6.13. The Balaban J connectivity index is 2.32. The van der Waals surface area contributed by atoms with Crippen molar-refractivity contribution < 1.29 is 4.79 Å². The Morgan fingerprint density at radius 2 is 1.86 bits per heavy atom. The highest BCUT2D eigenvalue weighted by Gasteiger charge is 2.51. The zero-order chi connectivity index (χ0) is 10.4. The van der Waals surface area contributed by atoms with E-state index in [9.17, 15) is 4.79 Å². The Labute approximate surface area is 87.3 Å². The molecule has 14 heavy (non-hydrogen) atoms. The molecule has 0 spiro atoms. The van der Waals surface area contributed by atoms with E-state index >= 15 is 0 Å². The first kappa shape index (κ1) is 10.2. The van der Waals surface area contributed by atoms with Gasteiger partial charge in [-0.3, -0.25) is 4.79 Å². The second kappa shape index (κ2) is 3.08. The van der Waals surface area contributed by atoms with Gasteiger partial charge in [0.15, 0.2) is 0 Å². The number of Topliss-reactive ketones (excluding diaryl/α,β-unsaturated/α-hetero) is 1. The van der Waals surface area contributed by atoms with Crippen LogP contribution in [0, 0.1) is 16.7 Å². The molecule has 80 valence electrons. The largest absolute Gasteiger partial charge is 0.299 e. The Morgan fingerprint density at radius 1 is 1.14 bits per heavy atom. The van der Waals surface area contributed by atoms with E-state index < -0.39 is 0 Å². The molecule has 2 saturated carbocycles. The molecule has 0 bridgehead atoms. The Morgan fingerprint density at radius 3 is 2.50 bits per heavy atom. The highest BCUT2D eigenvalue weighted by atomic mass is 16.1. The number of carbonyl (C=O) groups excluding carboxylic acids is 1. The van der Waals surface area contributed by atoms with Crippen molar-refractivity contribution in [3.05, 3.63) is 0 Å². The molecular weight excluding hydrogens is 172 g/mol. The minimum atomic E-state index is 0.0278. The maximum Gasteiger partial charge on any atom is 0.139 e. The first-order valence-corrected chi connectivity index (χ1v) is 6.00. The molecule has 0 amide bonds. The van der Waals surface area contributed by atoms with Crippen LogP contribution in [-0.2, 0) is 4.79 Å². The van der Waals surface area contributed by atoms with Crippen LogP contribution in [0.15, 0.2) is 0 Å². The lowest BCUT2D eigenvalue weighted by Gasteiger charge is -2.52. The van der Waals surface area contributed by atoms with Crippen LogP contribution in [0.4, 0.5) is 0 Å². The summed E-state index contributed by atoms with van der Waals surface area (Å²) in [5.41, 5.74) is 0.420. The summed E-state index contributed by atoms with van der Waals surface area (Å²) in [7, 11) is 0. The quantitative estimate of drug-likeness (QED) is 0.576. The standard InChI is InChI=1S/C13H22O/c1-12(2)8-5-9-13(3)10(12)6-4-7-11(13)14/h10H,4-9H2,1-3H3/t10?,13-/m0/s1. The molecule has 0 aromatic heterocycles. The lowest BCUT2D eigenvalue weighted by atomic mass is 9.51. The van der Waals surface area contributed by atoms with Crippen molar-refractivity contribution in [2.45, 2.75) is 59.3 Å². The van der Waals surface area contributed by atoms with Crippen LogP contribution in [0.3, 0.4) is 0 Å². The van der Waals surface area contributed by atoms with E-state index in [0.29, 0.717) is 17.1 Å². The summed E-state index contributed by atoms with van der Waals surface area (Å²) >= 11 is 0. The Kier molecular flexibility index (Phi) is 2.24. The van der Waals surface area contributed by atoms with E-state index in [2.05, 4.69) is 20.8 Å². The lowest BCUT2D eigenvalue weighted by Crippen LogP contribution is -2.49. The number of rotatable bonds is 0. The fraction of sp³-hybridized carbons (Fsp3) is 0.923.